The van der Waals surface area contributed by atoms with Crippen molar-refractivity contribution in [3.05, 3.63) is 106 Å². The molecule has 0 radical (unpaired) electrons. The zero-order chi connectivity index (χ0) is 36.7. The highest BCUT2D eigenvalue weighted by molar-refractivity contribution is 6.36. The van der Waals surface area contributed by atoms with E-state index in [0.717, 1.165) is 69.6 Å². The van der Waals surface area contributed by atoms with Crippen LogP contribution in [0.2, 0.25) is 5.02 Å². The number of nitrogens with one attached hydrogen (secondary N) is 1. The Bertz CT molecular complexity index is 2180. The first-order chi connectivity index (χ1) is 24.8. The molecule has 1 fully saturated rings. The summed E-state index contributed by atoms with van der Waals surface area (Å²) in [5.41, 5.74) is 8.25. The van der Waals surface area contributed by atoms with Gasteiger partial charge in [0.15, 0.2) is 5.82 Å². The fourth-order valence-corrected chi connectivity index (χ4v) is 7.44. The molecule has 1 atom stereocenters. The number of β-amino-alcohol motifs (C(OH)–C–C–N with tert-alkyl or cyclic N) is 1. The van der Waals surface area contributed by atoms with Gasteiger partial charge in [-0.25, -0.2) is 9.78 Å². The lowest BCUT2D eigenvalue weighted by Gasteiger charge is -2.29. The third kappa shape index (κ3) is 7.39. The van der Waals surface area contributed by atoms with Gasteiger partial charge in [0.1, 0.15) is 5.60 Å². The standard InChI is InChI=1S/C40H44ClN7O4/c1-24-26(19-32-36-27(12-15-42-32)18-25(20-43-36)21-47-16-13-28(49)22-47)8-6-9-29(24)30-10-7-11-31(35(30)41)45-38(50)37-44-33-23-48(17-14-34(33)46(37)5)39(51)52-40(2,3)4/h6-12,15,18,20,28,49H,13-14,16-17,19,21-23H2,1-5H3,(H,45,50)/t28-/m1/s1. The van der Waals surface area contributed by atoms with Gasteiger partial charge >= 0.3 is 6.09 Å². The van der Waals surface area contributed by atoms with Crippen LogP contribution in [0.15, 0.2) is 60.9 Å². The maximum absolute atomic E-state index is 13.6. The second kappa shape index (κ2) is 14.3. The SMILES string of the molecule is Cc1c(Cc2nccc3cc(CN4CC[C@@H](O)C4)cnc23)cccc1-c1cccc(NC(=O)c2nc3c(n2C)CCN(C(=O)OC(C)(C)C)C3)c1Cl. The molecule has 2 N–H and O–H groups in total. The third-order valence-electron chi connectivity index (χ3n) is 9.84. The molecule has 11 nitrogen and oxygen atoms in total. The fraction of sp³-hybridized carbons (Fsp3) is 0.375. The van der Waals surface area contributed by atoms with Crippen LogP contribution >= 0.6 is 11.6 Å². The number of imidazole rings is 1. The second-order valence-electron chi connectivity index (χ2n) is 14.8. The van der Waals surface area contributed by atoms with E-state index in [2.05, 4.69) is 34.3 Å². The minimum Gasteiger partial charge on any atom is -0.444 e. The molecule has 7 rings (SSSR count). The first-order valence-corrected chi connectivity index (χ1v) is 18.1. The van der Waals surface area contributed by atoms with Crippen LogP contribution in [0.3, 0.4) is 0 Å². The van der Waals surface area contributed by atoms with Crippen molar-refractivity contribution >= 4 is 40.2 Å². The Hall–Kier alpha value is -4.84. The molecule has 12 heteroatoms. The number of likely N-dealkylation sites (tertiary alicyclic amines) is 1. The molecule has 2 aliphatic rings. The molecule has 0 spiro atoms. The Kier molecular flexibility index (Phi) is 9.77. The normalized spacial score (nSPS) is 16.3. The number of amides is 2. The van der Waals surface area contributed by atoms with Crippen molar-refractivity contribution in [3.8, 4) is 11.1 Å². The number of ether oxygens (including phenoxy) is 1. The quantitative estimate of drug-likeness (QED) is 0.190. The zero-order valence-electron chi connectivity index (χ0n) is 30.2. The highest BCUT2D eigenvalue weighted by atomic mass is 35.5. The van der Waals surface area contributed by atoms with Crippen LogP contribution in [0, 0.1) is 6.92 Å². The van der Waals surface area contributed by atoms with E-state index >= 15 is 0 Å². The topological polar surface area (TPSA) is 126 Å². The smallest absolute Gasteiger partial charge is 0.410 e. The van der Waals surface area contributed by atoms with Crippen LogP contribution in [0.25, 0.3) is 22.0 Å². The van der Waals surface area contributed by atoms with Gasteiger partial charge in [0.25, 0.3) is 5.91 Å². The molecule has 2 amide bonds. The van der Waals surface area contributed by atoms with Gasteiger partial charge < -0.3 is 24.6 Å². The Morgan fingerprint density at radius 3 is 2.63 bits per heavy atom. The molecule has 270 valence electrons. The van der Waals surface area contributed by atoms with Gasteiger partial charge in [-0.15, -0.1) is 0 Å². The van der Waals surface area contributed by atoms with Crippen LogP contribution in [-0.4, -0.2) is 77.8 Å². The van der Waals surface area contributed by atoms with E-state index in [1.165, 1.54) is 0 Å². The number of hydrogen-bond donors (Lipinski definition) is 2. The number of carbonyl (C=O) groups excluding carboxylic acids is 2. The monoisotopic (exact) mass is 721 g/mol. The van der Waals surface area contributed by atoms with Crippen molar-refractivity contribution in [2.75, 3.05) is 25.0 Å². The summed E-state index contributed by atoms with van der Waals surface area (Å²) in [5.74, 6) is -0.144. The van der Waals surface area contributed by atoms with Crippen LogP contribution in [0.1, 0.15) is 71.6 Å². The predicted molar refractivity (Wildman–Crippen MR) is 201 cm³/mol. The number of hydrogen-bond acceptors (Lipinski definition) is 8. The number of carbonyl (C=O) groups is 2. The number of nitrogens with zero attached hydrogens (tertiary/aromatic N) is 6. The van der Waals surface area contributed by atoms with E-state index in [0.29, 0.717) is 42.3 Å². The molecule has 0 unspecified atom stereocenters. The Morgan fingerprint density at radius 2 is 1.87 bits per heavy atom. The van der Waals surface area contributed by atoms with Crippen molar-refractivity contribution in [2.45, 2.75) is 71.8 Å². The molecule has 5 heterocycles. The Labute approximate surface area is 308 Å². The number of pyridine rings is 2. The first kappa shape index (κ1) is 35.6. The molecule has 2 aliphatic heterocycles. The van der Waals surface area contributed by atoms with E-state index in [-0.39, 0.29) is 24.4 Å². The van der Waals surface area contributed by atoms with Gasteiger partial charge in [-0.3, -0.25) is 19.7 Å². The van der Waals surface area contributed by atoms with Crippen molar-refractivity contribution in [1.29, 1.82) is 0 Å². The number of rotatable bonds is 7. The van der Waals surface area contributed by atoms with E-state index in [1.54, 1.807) is 15.5 Å². The third-order valence-corrected chi connectivity index (χ3v) is 10.2. The van der Waals surface area contributed by atoms with E-state index < -0.39 is 11.7 Å². The van der Waals surface area contributed by atoms with Gasteiger partial charge in [0, 0.05) is 75.1 Å². The summed E-state index contributed by atoms with van der Waals surface area (Å²) in [7, 11) is 1.82. The lowest BCUT2D eigenvalue weighted by molar-refractivity contribution is 0.0220. The van der Waals surface area contributed by atoms with E-state index in [1.807, 2.05) is 70.5 Å². The number of aliphatic hydroxyl groups is 1. The summed E-state index contributed by atoms with van der Waals surface area (Å²) in [6, 6.07) is 15.9. The number of halogens is 1. The molecular formula is C40H44ClN7O4. The summed E-state index contributed by atoms with van der Waals surface area (Å²) in [6.07, 6.45) is 5.06. The number of aliphatic hydroxyl groups excluding tert-OH is 1. The number of fused-ring (bicyclic) bond motifs is 2. The lowest BCUT2D eigenvalue weighted by Crippen LogP contribution is -2.40. The van der Waals surface area contributed by atoms with Crippen LogP contribution in [-0.2, 0) is 37.7 Å². The van der Waals surface area contributed by atoms with Crippen LogP contribution in [0.4, 0.5) is 10.5 Å². The largest absolute Gasteiger partial charge is 0.444 e. The van der Waals surface area contributed by atoms with Crippen molar-refractivity contribution < 1.29 is 19.4 Å². The molecule has 0 aliphatic carbocycles. The number of benzene rings is 2. The summed E-state index contributed by atoms with van der Waals surface area (Å²) >= 11 is 7.03. The second-order valence-corrected chi connectivity index (χ2v) is 15.2. The highest BCUT2D eigenvalue weighted by Gasteiger charge is 2.30. The minimum absolute atomic E-state index is 0.244. The number of aromatic nitrogens is 4. The Morgan fingerprint density at radius 1 is 1.08 bits per heavy atom. The molecule has 2 aromatic carbocycles. The van der Waals surface area contributed by atoms with Crippen LogP contribution in [0.5, 0.6) is 0 Å². The average molecular weight is 722 g/mol. The van der Waals surface area contributed by atoms with E-state index in [4.69, 9.17) is 26.3 Å². The van der Waals surface area contributed by atoms with Gasteiger partial charge in [-0.1, -0.05) is 41.9 Å². The fourth-order valence-electron chi connectivity index (χ4n) is 7.17. The van der Waals surface area contributed by atoms with Crippen molar-refractivity contribution in [2.24, 2.45) is 7.05 Å². The molecule has 3 aromatic heterocycles. The highest BCUT2D eigenvalue weighted by Crippen LogP contribution is 2.37. The van der Waals surface area contributed by atoms with Crippen molar-refractivity contribution in [3.63, 3.8) is 0 Å². The maximum Gasteiger partial charge on any atom is 0.410 e. The maximum atomic E-state index is 13.6. The first-order valence-electron chi connectivity index (χ1n) is 17.7. The minimum atomic E-state index is -0.601. The number of anilines is 1. The van der Waals surface area contributed by atoms with Crippen LogP contribution < -0.4 is 5.32 Å². The molecule has 5 aromatic rings. The summed E-state index contributed by atoms with van der Waals surface area (Å²) in [6.45, 7) is 10.7. The lowest BCUT2D eigenvalue weighted by atomic mass is 9.93. The van der Waals surface area contributed by atoms with Gasteiger partial charge in [0.05, 0.1) is 40.3 Å². The molecular weight excluding hydrogens is 678 g/mol. The average Bonchev–Trinajstić information content (AvgIpc) is 3.67. The summed E-state index contributed by atoms with van der Waals surface area (Å²) < 4.78 is 7.34. The van der Waals surface area contributed by atoms with Gasteiger partial charge in [-0.2, -0.15) is 0 Å². The molecule has 0 saturated carbocycles. The van der Waals surface area contributed by atoms with Gasteiger partial charge in [-0.05, 0) is 74.6 Å². The summed E-state index contributed by atoms with van der Waals surface area (Å²) in [5, 5.41) is 14.4. The zero-order valence-corrected chi connectivity index (χ0v) is 31.0. The van der Waals surface area contributed by atoms with Gasteiger partial charge in [0.2, 0.25) is 0 Å². The van der Waals surface area contributed by atoms with E-state index in [9.17, 15) is 14.7 Å². The van der Waals surface area contributed by atoms with Crippen molar-refractivity contribution in [1.82, 2.24) is 29.3 Å². The molecule has 0 bridgehead atoms. The Balaban J connectivity index is 1.09. The summed E-state index contributed by atoms with van der Waals surface area (Å²) in [4.78, 5) is 44.4. The predicted octanol–water partition coefficient (Wildman–Crippen LogP) is 6.70. The molecule has 52 heavy (non-hydrogen) atoms. The molecule has 1 saturated heterocycles.